The number of ether oxygens (including phenoxy) is 4. The van der Waals surface area contributed by atoms with Gasteiger partial charge in [0.25, 0.3) is 0 Å². The van der Waals surface area contributed by atoms with Gasteiger partial charge in [0, 0.05) is 6.61 Å². The summed E-state index contributed by atoms with van der Waals surface area (Å²) in [5.41, 5.74) is -0.641. The first kappa shape index (κ1) is 17.7. The summed E-state index contributed by atoms with van der Waals surface area (Å²) in [5, 5.41) is 2.45. The number of nitrogens with one attached hydrogen (secondary N) is 1. The van der Waals surface area contributed by atoms with Crippen molar-refractivity contribution in [2.45, 2.75) is 58.0 Å². The summed E-state index contributed by atoms with van der Waals surface area (Å²) in [6, 6.07) is -0.921. The SMILES string of the molecule is COC(=O)[C@H](CO[C@@H]1CCCCO1)NC(=O)OC(C)(C)C. The molecule has 1 aliphatic rings. The zero-order chi connectivity index (χ0) is 15.9. The van der Waals surface area contributed by atoms with E-state index in [1.54, 1.807) is 20.8 Å². The van der Waals surface area contributed by atoms with Crippen LogP contribution in [0.3, 0.4) is 0 Å². The largest absolute Gasteiger partial charge is 0.467 e. The minimum Gasteiger partial charge on any atom is -0.467 e. The van der Waals surface area contributed by atoms with Gasteiger partial charge < -0.3 is 24.3 Å². The maximum atomic E-state index is 11.7. The molecule has 1 rings (SSSR count). The standard InChI is InChI=1S/C14H25NO6/c1-14(2,3)21-13(17)15-10(12(16)18-4)9-20-11-7-5-6-8-19-11/h10-11H,5-9H2,1-4H3,(H,15,17)/t10-,11+/m0/s1. The summed E-state index contributed by atoms with van der Waals surface area (Å²) >= 11 is 0. The molecule has 1 heterocycles. The first-order valence-electron chi connectivity index (χ1n) is 7.12. The molecule has 7 nitrogen and oxygen atoms in total. The predicted octanol–water partition coefficient (Wildman–Crippen LogP) is 1.60. The highest BCUT2D eigenvalue weighted by Gasteiger charge is 2.27. The van der Waals surface area contributed by atoms with Crippen LogP contribution >= 0.6 is 0 Å². The highest BCUT2D eigenvalue weighted by atomic mass is 16.7. The van der Waals surface area contributed by atoms with Gasteiger partial charge in [0.15, 0.2) is 12.3 Å². The molecule has 2 atom stereocenters. The third-order valence-electron chi connectivity index (χ3n) is 2.76. The molecule has 1 saturated heterocycles. The molecular formula is C14H25NO6. The molecule has 0 aromatic heterocycles. The number of esters is 1. The first-order chi connectivity index (χ1) is 9.81. The predicted molar refractivity (Wildman–Crippen MR) is 74.7 cm³/mol. The topological polar surface area (TPSA) is 83.1 Å². The van der Waals surface area contributed by atoms with E-state index in [9.17, 15) is 9.59 Å². The monoisotopic (exact) mass is 303 g/mol. The quantitative estimate of drug-likeness (QED) is 0.777. The van der Waals surface area contributed by atoms with Gasteiger partial charge in [-0.25, -0.2) is 9.59 Å². The van der Waals surface area contributed by atoms with Gasteiger partial charge in [-0.15, -0.1) is 0 Å². The molecule has 122 valence electrons. The van der Waals surface area contributed by atoms with E-state index in [-0.39, 0.29) is 12.9 Å². The normalized spacial score (nSPS) is 20.5. The van der Waals surface area contributed by atoms with Crippen molar-refractivity contribution >= 4 is 12.1 Å². The van der Waals surface area contributed by atoms with E-state index >= 15 is 0 Å². The van der Waals surface area contributed by atoms with Gasteiger partial charge in [0.2, 0.25) is 0 Å². The minimum absolute atomic E-state index is 0.0173. The Kier molecular flexibility index (Phi) is 6.91. The molecule has 1 fully saturated rings. The number of rotatable bonds is 5. The Bertz CT molecular complexity index is 346. The van der Waals surface area contributed by atoms with Crippen LogP contribution in [0.15, 0.2) is 0 Å². The van der Waals surface area contributed by atoms with Crippen molar-refractivity contribution in [3.63, 3.8) is 0 Å². The fourth-order valence-electron chi connectivity index (χ4n) is 1.81. The summed E-state index contributed by atoms with van der Waals surface area (Å²) in [6.07, 6.45) is 1.78. The van der Waals surface area contributed by atoms with E-state index in [2.05, 4.69) is 10.1 Å². The van der Waals surface area contributed by atoms with Crippen molar-refractivity contribution in [2.75, 3.05) is 20.3 Å². The fourth-order valence-corrected chi connectivity index (χ4v) is 1.81. The van der Waals surface area contributed by atoms with Crippen LogP contribution in [0.25, 0.3) is 0 Å². The summed E-state index contributed by atoms with van der Waals surface area (Å²) in [5.74, 6) is -0.586. The van der Waals surface area contributed by atoms with E-state index in [0.29, 0.717) is 6.61 Å². The lowest BCUT2D eigenvalue weighted by Crippen LogP contribution is -2.47. The molecule has 0 spiro atoms. The van der Waals surface area contributed by atoms with Crippen LogP contribution in [-0.2, 0) is 23.7 Å². The molecule has 7 heteroatoms. The van der Waals surface area contributed by atoms with Crippen LogP contribution in [0.4, 0.5) is 4.79 Å². The summed E-state index contributed by atoms with van der Waals surface area (Å²) < 4.78 is 20.7. The molecule has 0 bridgehead atoms. The molecule has 1 N–H and O–H groups in total. The Labute approximate surface area is 125 Å². The molecule has 1 amide bonds. The average Bonchev–Trinajstić information content (AvgIpc) is 2.41. The van der Waals surface area contributed by atoms with E-state index in [0.717, 1.165) is 19.3 Å². The molecule has 0 aliphatic carbocycles. The van der Waals surface area contributed by atoms with Crippen LogP contribution < -0.4 is 5.32 Å². The fraction of sp³-hybridized carbons (Fsp3) is 0.857. The van der Waals surface area contributed by atoms with Crippen LogP contribution in [0.1, 0.15) is 40.0 Å². The van der Waals surface area contributed by atoms with Gasteiger partial charge in [-0.1, -0.05) is 0 Å². The second-order valence-corrected chi connectivity index (χ2v) is 5.85. The molecule has 0 aromatic carbocycles. The highest BCUT2D eigenvalue weighted by Crippen LogP contribution is 2.14. The molecule has 0 saturated carbocycles. The number of amides is 1. The van der Waals surface area contributed by atoms with E-state index in [1.807, 2.05) is 0 Å². The number of hydrogen-bond acceptors (Lipinski definition) is 6. The van der Waals surface area contributed by atoms with E-state index in [4.69, 9.17) is 14.2 Å². The lowest BCUT2D eigenvalue weighted by atomic mass is 10.2. The maximum absolute atomic E-state index is 11.7. The van der Waals surface area contributed by atoms with Crippen molar-refractivity contribution in [1.82, 2.24) is 5.32 Å². The van der Waals surface area contributed by atoms with E-state index in [1.165, 1.54) is 7.11 Å². The van der Waals surface area contributed by atoms with Gasteiger partial charge in [-0.3, -0.25) is 0 Å². The Balaban J connectivity index is 2.47. The lowest BCUT2D eigenvalue weighted by molar-refractivity contribution is -0.172. The zero-order valence-corrected chi connectivity index (χ0v) is 13.1. The third kappa shape index (κ3) is 7.29. The maximum Gasteiger partial charge on any atom is 0.408 e. The molecule has 21 heavy (non-hydrogen) atoms. The van der Waals surface area contributed by atoms with Crippen LogP contribution in [0.5, 0.6) is 0 Å². The molecule has 1 aliphatic heterocycles. The van der Waals surface area contributed by atoms with Gasteiger partial charge >= 0.3 is 12.1 Å². The van der Waals surface area contributed by atoms with Crippen molar-refractivity contribution in [1.29, 1.82) is 0 Å². The second-order valence-electron chi connectivity index (χ2n) is 5.85. The number of carbonyl (C=O) groups excluding carboxylic acids is 2. The Hall–Kier alpha value is -1.34. The summed E-state index contributed by atoms with van der Waals surface area (Å²) in [7, 11) is 1.25. The molecule has 0 aromatic rings. The van der Waals surface area contributed by atoms with E-state index < -0.39 is 23.7 Å². The summed E-state index contributed by atoms with van der Waals surface area (Å²) in [6.45, 7) is 5.86. The number of hydrogen-bond donors (Lipinski definition) is 1. The smallest absolute Gasteiger partial charge is 0.408 e. The third-order valence-corrected chi connectivity index (χ3v) is 2.76. The van der Waals surface area contributed by atoms with Crippen molar-refractivity contribution in [3.8, 4) is 0 Å². The van der Waals surface area contributed by atoms with Gasteiger partial charge in [0.05, 0.1) is 13.7 Å². The number of carbonyl (C=O) groups is 2. The van der Waals surface area contributed by atoms with Crippen LogP contribution in [0, 0.1) is 0 Å². The Morgan fingerprint density at radius 1 is 1.33 bits per heavy atom. The van der Waals surface area contributed by atoms with Gasteiger partial charge in [-0.2, -0.15) is 0 Å². The Morgan fingerprint density at radius 2 is 2.05 bits per heavy atom. The Morgan fingerprint density at radius 3 is 2.57 bits per heavy atom. The molecular weight excluding hydrogens is 278 g/mol. The number of methoxy groups -OCH3 is 1. The first-order valence-corrected chi connectivity index (χ1v) is 7.12. The second kappa shape index (κ2) is 8.19. The van der Waals surface area contributed by atoms with Crippen molar-refractivity contribution in [3.05, 3.63) is 0 Å². The highest BCUT2D eigenvalue weighted by molar-refractivity contribution is 5.81. The number of alkyl carbamates (subject to hydrolysis) is 1. The van der Waals surface area contributed by atoms with Crippen LogP contribution in [0.2, 0.25) is 0 Å². The van der Waals surface area contributed by atoms with Crippen LogP contribution in [-0.4, -0.2) is 50.3 Å². The van der Waals surface area contributed by atoms with Gasteiger partial charge in [0.1, 0.15) is 5.60 Å². The summed E-state index contributed by atoms with van der Waals surface area (Å²) in [4.78, 5) is 23.4. The minimum atomic E-state index is -0.921. The van der Waals surface area contributed by atoms with Crippen molar-refractivity contribution < 1.29 is 28.5 Å². The van der Waals surface area contributed by atoms with Gasteiger partial charge in [-0.05, 0) is 40.0 Å². The lowest BCUT2D eigenvalue weighted by Gasteiger charge is -2.26. The average molecular weight is 303 g/mol. The molecule has 0 unspecified atom stereocenters. The van der Waals surface area contributed by atoms with Crippen molar-refractivity contribution in [2.24, 2.45) is 0 Å². The molecule has 0 radical (unpaired) electrons. The zero-order valence-electron chi connectivity index (χ0n) is 13.1.